The van der Waals surface area contributed by atoms with E-state index in [9.17, 15) is 14.1 Å². The second-order valence-electron chi connectivity index (χ2n) is 8.57. The Labute approximate surface area is 203 Å². The van der Waals surface area contributed by atoms with Crippen molar-refractivity contribution < 1.29 is 29.2 Å². The highest BCUT2D eigenvalue weighted by molar-refractivity contribution is 9.10. The molecule has 2 heterocycles. The first-order chi connectivity index (χ1) is 15.7. The summed E-state index contributed by atoms with van der Waals surface area (Å²) in [6.45, 7) is 1.92. The van der Waals surface area contributed by atoms with Gasteiger partial charge in [-0.3, -0.25) is 15.4 Å². The summed E-state index contributed by atoms with van der Waals surface area (Å²) >= 11 is 1.60. The molecule has 1 aromatic carbocycles. The van der Waals surface area contributed by atoms with Crippen LogP contribution in [-0.2, 0) is 11.2 Å². The number of aromatic hydroxyl groups is 1. The Kier molecular flexibility index (Phi) is 7.13. The van der Waals surface area contributed by atoms with Crippen LogP contribution in [0.1, 0.15) is 53.6 Å². The molecule has 2 aromatic rings. The molecule has 1 aliphatic heterocycles. The van der Waals surface area contributed by atoms with Crippen molar-refractivity contribution in [2.45, 2.75) is 38.6 Å². The van der Waals surface area contributed by atoms with Gasteiger partial charge in [0.1, 0.15) is 11.3 Å². The van der Waals surface area contributed by atoms with Crippen LogP contribution in [0.25, 0.3) is 0 Å². The lowest BCUT2D eigenvalue weighted by molar-refractivity contribution is -0.602. The summed E-state index contributed by atoms with van der Waals surface area (Å²) in [6.07, 6.45) is 4.54. The smallest absolute Gasteiger partial charge is 0.324 e. The van der Waals surface area contributed by atoms with E-state index in [4.69, 9.17) is 4.42 Å². The summed E-state index contributed by atoms with van der Waals surface area (Å²) < 4.78 is 27.1. The fourth-order valence-electron chi connectivity index (χ4n) is 4.34. The van der Waals surface area contributed by atoms with E-state index >= 15 is 0 Å². The number of amidine groups is 2. The van der Waals surface area contributed by atoms with Crippen molar-refractivity contribution >= 4 is 50.4 Å². The molecule has 1 aliphatic carbocycles. The van der Waals surface area contributed by atoms with Crippen LogP contribution in [-0.4, -0.2) is 45.9 Å². The Bertz CT molecular complexity index is 1150. The number of phenolic OH excluding ortho intramolecular Hbond substituents is 1. The van der Waals surface area contributed by atoms with Gasteiger partial charge in [0.15, 0.2) is 23.2 Å². The number of quaternary nitrogens is 2. The maximum Gasteiger partial charge on any atom is 0.324 e. The van der Waals surface area contributed by atoms with Gasteiger partial charge in [-0.25, -0.2) is 4.21 Å². The second kappa shape index (κ2) is 9.88. The number of phenols is 1. The van der Waals surface area contributed by atoms with Crippen molar-refractivity contribution in [2.24, 2.45) is 14.7 Å². The van der Waals surface area contributed by atoms with Gasteiger partial charge in [0.05, 0.1) is 0 Å². The molecule has 33 heavy (non-hydrogen) atoms. The van der Waals surface area contributed by atoms with Gasteiger partial charge < -0.3 is 14.4 Å². The summed E-state index contributed by atoms with van der Waals surface area (Å²) in [5.74, 6) is 2.53. The fraction of sp³-hybridized carbons (Fsp3) is 0.409. The molecule has 2 aliphatic rings. The molecule has 0 spiro atoms. The third-order valence-corrected chi connectivity index (χ3v) is 7.39. The molecule has 1 amide bonds. The van der Waals surface area contributed by atoms with Gasteiger partial charge in [-0.05, 0) is 53.9 Å². The minimum Gasteiger partial charge on any atom is -0.502 e. The number of carbonyl (C=O) groups is 1. The van der Waals surface area contributed by atoms with Gasteiger partial charge >= 0.3 is 11.7 Å². The number of nitrogens with two attached hydrogens (primary N) is 2. The van der Waals surface area contributed by atoms with E-state index < -0.39 is 11.2 Å². The molecule has 1 fully saturated rings. The van der Waals surface area contributed by atoms with Crippen LogP contribution in [0.4, 0.5) is 5.69 Å². The molecule has 9 nitrogen and oxygen atoms in total. The molecular formula is C22H28BrN5O4S+2. The predicted molar refractivity (Wildman–Crippen MR) is 128 cm³/mol. The molecule has 176 valence electrons. The van der Waals surface area contributed by atoms with Crippen molar-refractivity contribution in [1.82, 2.24) is 4.90 Å². The number of amides is 1. The predicted octanol–water partition coefficient (Wildman–Crippen LogP) is 1.84. The van der Waals surface area contributed by atoms with Crippen molar-refractivity contribution in [2.75, 3.05) is 14.1 Å². The number of carbonyl (C=O) groups excluding carboxylic acids is 1. The largest absolute Gasteiger partial charge is 0.502 e. The van der Waals surface area contributed by atoms with E-state index in [-0.39, 0.29) is 23.3 Å². The van der Waals surface area contributed by atoms with Crippen LogP contribution in [0.2, 0.25) is 0 Å². The van der Waals surface area contributed by atoms with Crippen LogP contribution in [0.3, 0.4) is 0 Å². The van der Waals surface area contributed by atoms with E-state index in [0.29, 0.717) is 27.7 Å². The number of rotatable bonds is 5. The van der Waals surface area contributed by atoms with Crippen LogP contribution in [0, 0.1) is 12.8 Å². The van der Waals surface area contributed by atoms with Crippen LogP contribution in [0.5, 0.6) is 5.75 Å². The molecule has 2 atom stereocenters. The molecular weight excluding hydrogens is 510 g/mol. The Morgan fingerprint density at radius 1 is 1.21 bits per heavy atom. The number of hydrogen-bond donors (Lipinski definition) is 3. The molecule has 0 bridgehead atoms. The first kappa shape index (κ1) is 23.8. The van der Waals surface area contributed by atoms with Gasteiger partial charge in [0, 0.05) is 30.6 Å². The SMILES string of the molecule is Cc1ccc(C([NH2+]C2=NS(=O)N=C2[NH2+]c2ccc(Br)c(C(=O)N(C)C)c2O)C2CCCC2)o1. The summed E-state index contributed by atoms with van der Waals surface area (Å²) in [6, 6.07) is 7.31. The van der Waals surface area contributed by atoms with Gasteiger partial charge in [0.25, 0.3) is 17.1 Å². The van der Waals surface area contributed by atoms with E-state index in [2.05, 4.69) is 24.7 Å². The third kappa shape index (κ3) is 5.11. The van der Waals surface area contributed by atoms with Gasteiger partial charge in [-0.15, -0.1) is 8.80 Å². The van der Waals surface area contributed by atoms with Gasteiger partial charge in [-0.1, -0.05) is 12.8 Å². The monoisotopic (exact) mass is 537 g/mol. The van der Waals surface area contributed by atoms with Crippen LogP contribution < -0.4 is 10.6 Å². The lowest BCUT2D eigenvalue weighted by Crippen LogP contribution is -2.99. The molecule has 4 rings (SSSR count). The van der Waals surface area contributed by atoms with Gasteiger partial charge in [0.2, 0.25) is 0 Å². The van der Waals surface area contributed by atoms with Crippen molar-refractivity contribution in [3.8, 4) is 5.75 Å². The maximum absolute atomic E-state index is 12.5. The van der Waals surface area contributed by atoms with Crippen molar-refractivity contribution in [1.29, 1.82) is 0 Å². The molecule has 1 saturated carbocycles. The number of nitrogens with zero attached hydrogens (tertiary/aromatic N) is 3. The van der Waals surface area contributed by atoms with Crippen molar-refractivity contribution in [3.05, 3.63) is 45.8 Å². The lowest BCUT2D eigenvalue weighted by Gasteiger charge is -2.19. The number of aryl methyl sites for hydroxylation is 1. The lowest BCUT2D eigenvalue weighted by atomic mass is 9.96. The average Bonchev–Trinajstić information content (AvgIpc) is 3.50. The van der Waals surface area contributed by atoms with E-state index in [1.54, 1.807) is 31.5 Å². The van der Waals surface area contributed by atoms with Crippen LogP contribution in [0.15, 0.2) is 42.0 Å². The fourth-order valence-corrected chi connectivity index (χ4v) is 5.51. The topological polar surface area (TPSA) is 129 Å². The standard InChI is InChI=1S/C22H26BrN5O4S/c1-12-8-11-16(32-12)18(13-6-4-5-7-13)25-21-20(26-33(31)27-21)24-15-10-9-14(23)17(19(15)29)22(30)28(2)3/h8-11,13,18,29H,4-7H2,1-3H3,(H,24,26)(H,25,27)/p+2. The zero-order chi connectivity index (χ0) is 23.7. The first-order valence-corrected chi connectivity index (χ1v) is 12.7. The molecule has 1 aromatic heterocycles. The van der Waals surface area contributed by atoms with Crippen LogP contribution >= 0.6 is 15.9 Å². The normalized spacial score (nSPS) is 19.5. The zero-order valence-electron chi connectivity index (χ0n) is 18.7. The van der Waals surface area contributed by atoms with E-state index in [1.165, 1.54) is 17.7 Å². The summed E-state index contributed by atoms with van der Waals surface area (Å²) in [7, 11) is 3.24. The van der Waals surface area contributed by atoms with E-state index in [0.717, 1.165) is 24.4 Å². The van der Waals surface area contributed by atoms with Crippen molar-refractivity contribution in [3.63, 3.8) is 0 Å². The zero-order valence-corrected chi connectivity index (χ0v) is 21.1. The molecule has 5 N–H and O–H groups in total. The number of benzene rings is 1. The second-order valence-corrected chi connectivity index (χ2v) is 10.3. The summed E-state index contributed by atoms with van der Waals surface area (Å²) in [5.41, 5.74) is 0.555. The number of halogens is 1. The van der Waals surface area contributed by atoms with Gasteiger partial charge in [-0.2, -0.15) is 0 Å². The highest BCUT2D eigenvalue weighted by Gasteiger charge is 2.38. The number of furan rings is 1. The Morgan fingerprint density at radius 2 is 1.91 bits per heavy atom. The minimum atomic E-state index is -1.74. The Morgan fingerprint density at radius 3 is 2.55 bits per heavy atom. The first-order valence-electron chi connectivity index (χ1n) is 10.8. The molecule has 0 radical (unpaired) electrons. The highest BCUT2D eigenvalue weighted by Crippen LogP contribution is 2.34. The summed E-state index contributed by atoms with van der Waals surface area (Å²) in [4.78, 5) is 13.9. The quantitative estimate of drug-likeness (QED) is 0.396. The maximum atomic E-state index is 12.5. The number of hydrogen-bond acceptors (Lipinski definition) is 4. The molecule has 2 unspecified atom stereocenters. The third-order valence-electron chi connectivity index (χ3n) is 6.02. The Hall–Kier alpha value is -2.34. The highest BCUT2D eigenvalue weighted by atomic mass is 79.9. The van der Waals surface area contributed by atoms with E-state index in [1.807, 2.05) is 24.4 Å². The minimum absolute atomic E-state index is 0.00181. The average molecular weight is 538 g/mol. The summed E-state index contributed by atoms with van der Waals surface area (Å²) in [5, 5.41) is 14.4. The molecule has 11 heteroatoms. The molecule has 0 saturated heterocycles. The Balaban J connectivity index is 1.61.